The van der Waals surface area contributed by atoms with Crippen molar-refractivity contribution in [3.8, 4) is 0 Å². The van der Waals surface area contributed by atoms with Crippen LogP contribution in [0.3, 0.4) is 0 Å². The molecule has 0 fully saturated rings. The summed E-state index contributed by atoms with van der Waals surface area (Å²) in [6, 6.07) is 0. The molecule has 0 saturated carbocycles. The standard InChI is InChI=1S/C9H19NO3/c1-4-5-6-10-9(12)13-8(3)7(2)11/h7-8,11H,4-6H2,1-3H3,(H,10,12)/t7-,8-/m0/s1. The Bertz CT molecular complexity index is 148. The highest BCUT2D eigenvalue weighted by Crippen LogP contribution is 1.97. The summed E-state index contributed by atoms with van der Waals surface area (Å²) in [5.74, 6) is 0. The number of nitrogens with one attached hydrogen (secondary N) is 1. The zero-order chi connectivity index (χ0) is 10.3. The van der Waals surface area contributed by atoms with Crippen LogP contribution < -0.4 is 5.32 Å². The maximum Gasteiger partial charge on any atom is 0.407 e. The molecule has 0 aliphatic rings. The molecule has 4 heteroatoms. The van der Waals surface area contributed by atoms with E-state index in [-0.39, 0.29) is 0 Å². The summed E-state index contributed by atoms with van der Waals surface area (Å²) in [5, 5.41) is 11.6. The number of alkyl carbamates (subject to hydrolysis) is 1. The Kier molecular flexibility index (Phi) is 6.32. The number of rotatable bonds is 5. The largest absolute Gasteiger partial charge is 0.444 e. The van der Waals surface area contributed by atoms with Crippen LogP contribution in [-0.2, 0) is 4.74 Å². The molecule has 0 spiro atoms. The Hall–Kier alpha value is -0.770. The van der Waals surface area contributed by atoms with Gasteiger partial charge in [-0.15, -0.1) is 0 Å². The lowest BCUT2D eigenvalue weighted by Gasteiger charge is -2.15. The number of aliphatic hydroxyl groups is 1. The van der Waals surface area contributed by atoms with Crippen LogP contribution in [0.4, 0.5) is 4.79 Å². The van der Waals surface area contributed by atoms with Crippen molar-refractivity contribution >= 4 is 6.09 Å². The Morgan fingerprint density at radius 1 is 1.54 bits per heavy atom. The molecule has 0 aromatic heterocycles. The predicted octanol–water partition coefficient (Wildman–Crippen LogP) is 1.28. The topological polar surface area (TPSA) is 58.6 Å². The van der Waals surface area contributed by atoms with Crippen molar-refractivity contribution in [2.45, 2.75) is 45.8 Å². The smallest absolute Gasteiger partial charge is 0.407 e. The average Bonchev–Trinajstić information content (AvgIpc) is 2.04. The fourth-order valence-electron chi connectivity index (χ4n) is 0.676. The van der Waals surface area contributed by atoms with E-state index in [0.29, 0.717) is 6.54 Å². The molecular formula is C9H19NO3. The zero-order valence-corrected chi connectivity index (χ0v) is 8.54. The van der Waals surface area contributed by atoms with Crippen LogP contribution >= 0.6 is 0 Å². The molecule has 0 radical (unpaired) electrons. The molecule has 0 aliphatic heterocycles. The molecule has 4 nitrogen and oxygen atoms in total. The van der Waals surface area contributed by atoms with Gasteiger partial charge in [0.1, 0.15) is 6.10 Å². The molecule has 0 aromatic rings. The Labute approximate surface area is 79.3 Å². The van der Waals surface area contributed by atoms with E-state index in [9.17, 15) is 4.79 Å². The molecule has 0 rings (SSSR count). The molecule has 2 atom stereocenters. The summed E-state index contributed by atoms with van der Waals surface area (Å²) in [4.78, 5) is 11.0. The van der Waals surface area contributed by atoms with Crippen LogP contribution in [0.1, 0.15) is 33.6 Å². The first kappa shape index (κ1) is 12.2. The van der Waals surface area contributed by atoms with Crippen molar-refractivity contribution in [2.24, 2.45) is 0 Å². The van der Waals surface area contributed by atoms with Gasteiger partial charge in [0.15, 0.2) is 0 Å². The van der Waals surface area contributed by atoms with Gasteiger partial charge in [0, 0.05) is 6.54 Å². The second-order valence-corrected chi connectivity index (χ2v) is 3.13. The number of carbonyl (C=O) groups is 1. The molecule has 13 heavy (non-hydrogen) atoms. The van der Waals surface area contributed by atoms with Gasteiger partial charge in [0.05, 0.1) is 6.10 Å². The van der Waals surface area contributed by atoms with Gasteiger partial charge in [0.2, 0.25) is 0 Å². The number of aliphatic hydroxyl groups excluding tert-OH is 1. The maximum atomic E-state index is 11.0. The third kappa shape index (κ3) is 6.40. The van der Waals surface area contributed by atoms with Crippen LogP contribution in [0.5, 0.6) is 0 Å². The predicted molar refractivity (Wildman–Crippen MR) is 50.5 cm³/mol. The number of hydrogen-bond donors (Lipinski definition) is 2. The van der Waals surface area contributed by atoms with Crippen LogP contribution in [-0.4, -0.2) is 30.0 Å². The lowest BCUT2D eigenvalue weighted by Crippen LogP contribution is -2.33. The van der Waals surface area contributed by atoms with Crippen molar-refractivity contribution in [1.82, 2.24) is 5.32 Å². The van der Waals surface area contributed by atoms with Crippen LogP contribution in [0.2, 0.25) is 0 Å². The first-order valence-electron chi connectivity index (χ1n) is 4.70. The third-order valence-electron chi connectivity index (χ3n) is 1.77. The van der Waals surface area contributed by atoms with Gasteiger partial charge in [-0.1, -0.05) is 13.3 Å². The highest BCUT2D eigenvalue weighted by atomic mass is 16.6. The van der Waals surface area contributed by atoms with Gasteiger partial charge >= 0.3 is 6.09 Å². The van der Waals surface area contributed by atoms with Crippen molar-refractivity contribution in [1.29, 1.82) is 0 Å². The quantitative estimate of drug-likeness (QED) is 0.640. The number of unbranched alkanes of at least 4 members (excludes halogenated alkanes) is 1. The molecule has 78 valence electrons. The molecular weight excluding hydrogens is 170 g/mol. The molecule has 0 bridgehead atoms. The number of carbonyl (C=O) groups excluding carboxylic acids is 1. The Balaban J connectivity index is 3.50. The second kappa shape index (κ2) is 6.71. The van der Waals surface area contributed by atoms with Gasteiger partial charge in [-0.2, -0.15) is 0 Å². The van der Waals surface area contributed by atoms with Gasteiger partial charge in [-0.25, -0.2) is 4.79 Å². The Morgan fingerprint density at radius 2 is 2.15 bits per heavy atom. The van der Waals surface area contributed by atoms with Gasteiger partial charge in [-0.05, 0) is 20.3 Å². The number of hydrogen-bond acceptors (Lipinski definition) is 3. The van der Waals surface area contributed by atoms with Crippen LogP contribution in [0, 0.1) is 0 Å². The van der Waals surface area contributed by atoms with Crippen molar-refractivity contribution in [2.75, 3.05) is 6.54 Å². The summed E-state index contributed by atoms with van der Waals surface area (Å²) in [7, 11) is 0. The SMILES string of the molecule is CCCCNC(=O)O[C@@H](C)[C@H](C)O. The van der Waals surface area contributed by atoms with E-state index in [2.05, 4.69) is 5.32 Å². The fraction of sp³-hybridized carbons (Fsp3) is 0.889. The third-order valence-corrected chi connectivity index (χ3v) is 1.77. The minimum atomic E-state index is -0.628. The highest BCUT2D eigenvalue weighted by molar-refractivity contribution is 5.67. The summed E-state index contributed by atoms with van der Waals surface area (Å²) in [6.07, 6.45) is 0.435. The van der Waals surface area contributed by atoms with E-state index in [0.717, 1.165) is 12.8 Å². The summed E-state index contributed by atoms with van der Waals surface area (Å²) >= 11 is 0. The van der Waals surface area contributed by atoms with Crippen molar-refractivity contribution in [3.63, 3.8) is 0 Å². The summed E-state index contributed by atoms with van der Waals surface area (Å²) in [6.45, 7) is 5.92. The van der Waals surface area contributed by atoms with Crippen LogP contribution in [0.15, 0.2) is 0 Å². The fourth-order valence-corrected chi connectivity index (χ4v) is 0.676. The molecule has 0 aliphatic carbocycles. The lowest BCUT2D eigenvalue weighted by molar-refractivity contribution is 0.0225. The van der Waals surface area contributed by atoms with E-state index in [1.807, 2.05) is 6.92 Å². The monoisotopic (exact) mass is 189 g/mol. The minimum absolute atomic E-state index is 0.457. The molecule has 0 unspecified atom stereocenters. The van der Waals surface area contributed by atoms with E-state index in [1.54, 1.807) is 13.8 Å². The summed E-state index contributed by atoms with van der Waals surface area (Å²) in [5.41, 5.74) is 0. The normalized spacial score (nSPS) is 14.8. The maximum absolute atomic E-state index is 11.0. The molecule has 0 heterocycles. The lowest BCUT2D eigenvalue weighted by atomic mass is 10.3. The first-order valence-corrected chi connectivity index (χ1v) is 4.70. The second-order valence-electron chi connectivity index (χ2n) is 3.13. The van der Waals surface area contributed by atoms with Crippen molar-refractivity contribution < 1.29 is 14.6 Å². The minimum Gasteiger partial charge on any atom is -0.444 e. The number of ether oxygens (including phenoxy) is 1. The van der Waals surface area contributed by atoms with E-state index in [1.165, 1.54) is 0 Å². The molecule has 0 aromatic carbocycles. The van der Waals surface area contributed by atoms with Crippen LogP contribution in [0.25, 0.3) is 0 Å². The zero-order valence-electron chi connectivity index (χ0n) is 8.54. The summed E-state index contributed by atoms with van der Waals surface area (Å²) < 4.78 is 4.86. The van der Waals surface area contributed by atoms with E-state index in [4.69, 9.17) is 9.84 Å². The average molecular weight is 189 g/mol. The highest BCUT2D eigenvalue weighted by Gasteiger charge is 2.13. The van der Waals surface area contributed by atoms with Crippen molar-refractivity contribution in [3.05, 3.63) is 0 Å². The Morgan fingerprint density at radius 3 is 2.62 bits per heavy atom. The van der Waals surface area contributed by atoms with E-state index < -0.39 is 18.3 Å². The molecule has 1 amide bonds. The van der Waals surface area contributed by atoms with Gasteiger partial charge < -0.3 is 15.2 Å². The molecule has 0 saturated heterocycles. The van der Waals surface area contributed by atoms with Gasteiger partial charge in [-0.3, -0.25) is 0 Å². The number of amides is 1. The van der Waals surface area contributed by atoms with Gasteiger partial charge in [0.25, 0.3) is 0 Å². The first-order chi connectivity index (χ1) is 6.07. The van der Waals surface area contributed by atoms with E-state index >= 15 is 0 Å². The molecule has 2 N–H and O–H groups in total.